The Morgan fingerprint density at radius 1 is 1.10 bits per heavy atom. The van der Waals surface area contributed by atoms with Crippen LogP contribution in [-0.2, 0) is 0 Å². The standard InChI is InChI=1S/C6H5.CF2.Cf/c1-2-4-6-5-3-1;2-1-3;/h1-5H;;. The third kappa shape index (κ3) is 1.47. The summed E-state index contributed by atoms with van der Waals surface area (Å²) in [7, 11) is 0. The predicted molar refractivity (Wildman–Crippen MR) is 33.3 cm³/mol. The van der Waals surface area contributed by atoms with Gasteiger partial charge in [-0.1, -0.05) is 0 Å². The molecule has 0 N–H and O–H groups in total. The van der Waals surface area contributed by atoms with Gasteiger partial charge in [-0.15, -0.1) is 0 Å². The first-order valence-corrected chi connectivity index (χ1v) is 5.24. The third-order valence-corrected chi connectivity index (χ3v) is 3.00. The van der Waals surface area contributed by atoms with E-state index in [1.54, 1.807) is 24.3 Å². The number of hydrogen-bond donors (Lipinski definition) is 0. The molecule has 0 aliphatic carbocycles. The Bertz CT molecular complexity index is 227. The van der Waals surface area contributed by atoms with Crippen LogP contribution in [0.15, 0.2) is 30.3 Å². The van der Waals surface area contributed by atoms with Gasteiger partial charge in [0, 0.05) is 0 Å². The first-order chi connectivity index (χ1) is 4.79. The molecule has 0 atom stereocenters. The molecular weight excluding hydrogens is 373 g/mol. The van der Waals surface area contributed by atoms with Gasteiger partial charge < -0.3 is 0 Å². The van der Waals surface area contributed by atoms with Gasteiger partial charge in [0.2, 0.25) is 0 Å². The van der Waals surface area contributed by atoms with Crippen LogP contribution in [0.3, 0.4) is 0 Å². The van der Waals surface area contributed by atoms with Crippen LogP contribution in [0.5, 0.6) is 0 Å². The van der Waals surface area contributed by atoms with Crippen molar-refractivity contribution in [1.29, 1.82) is 0 Å². The summed E-state index contributed by atoms with van der Waals surface area (Å²) >= 11 is 0. The molecule has 1 rings (SSSR count). The topological polar surface area (TPSA) is 0 Å². The Kier molecular flexibility index (Phi) is 1.51. The van der Waals surface area contributed by atoms with E-state index >= 15 is 0 Å². The summed E-state index contributed by atoms with van der Waals surface area (Å²) in [6.45, 7) is -1.39. The summed E-state index contributed by atoms with van der Waals surface area (Å²) in [6.07, 6.45) is 0. The van der Waals surface area contributed by atoms with Crippen LogP contribution in [0.2, 0.25) is 0 Å². The number of hydrogen-bond acceptors (Lipinski definition) is 0. The van der Waals surface area contributed by atoms with Crippen molar-refractivity contribution in [1.82, 2.24) is 0 Å². The van der Waals surface area contributed by atoms with Crippen molar-refractivity contribution in [3.05, 3.63) is 30.3 Å². The van der Waals surface area contributed by atoms with Gasteiger partial charge in [0.05, 0.1) is 0 Å². The van der Waals surface area contributed by atoms with Gasteiger partial charge in [0.15, 0.2) is 0 Å². The molecule has 0 amide bonds. The zero-order valence-corrected chi connectivity index (χ0v) is 7.59. The molecule has 0 bridgehead atoms. The molecule has 0 fully saturated rings. The van der Waals surface area contributed by atoms with Crippen LogP contribution >= 0.6 is 0 Å². The molecule has 57 valence electrons. The van der Waals surface area contributed by atoms with Crippen molar-refractivity contribution < 1.29 is 8.78 Å². The van der Waals surface area contributed by atoms with Crippen LogP contribution in [0.25, 0.3) is 0 Å². The second kappa shape index (κ2) is 2.49. The van der Waals surface area contributed by atoms with Gasteiger partial charge in [-0.05, 0) is 0 Å². The molecule has 0 spiro atoms. The third-order valence-electron chi connectivity index (χ3n) is 0.864. The Balaban J connectivity index is 2.87. The van der Waals surface area contributed by atoms with E-state index in [4.69, 9.17) is 0 Å². The van der Waals surface area contributed by atoms with Crippen LogP contribution < -0.4 is 6.07 Å². The van der Waals surface area contributed by atoms with E-state index in [1.807, 2.05) is 6.07 Å². The molecule has 0 aliphatic heterocycles. The van der Waals surface area contributed by atoms with Crippen molar-refractivity contribution in [2.45, 2.75) is 0 Å². The van der Waals surface area contributed by atoms with Crippen LogP contribution in [0.1, 0.15) is 0 Å². The van der Waals surface area contributed by atoms with Crippen molar-refractivity contribution in [2.24, 2.45) is 0 Å². The van der Waals surface area contributed by atoms with Gasteiger partial charge >= 0.3 is 52.1 Å². The first-order valence-electron chi connectivity index (χ1n) is 2.60. The summed E-state index contributed by atoms with van der Waals surface area (Å²) in [6, 6.07) is 9.69. The van der Waals surface area contributed by atoms with E-state index < -0.39 is 6.93 Å². The monoisotopic (exact) mass is 376 g/mol. The van der Waals surface area contributed by atoms with E-state index in [9.17, 15) is 8.78 Å². The predicted octanol–water partition coefficient (Wildman–Crippen LogP) is 1.42. The van der Waals surface area contributed by atoms with E-state index in [0.717, 1.165) is 6.07 Å². The zero-order chi connectivity index (χ0) is 7.40. The summed E-state index contributed by atoms with van der Waals surface area (Å²) in [4.78, 5) is 0. The van der Waals surface area contributed by atoms with Gasteiger partial charge in [-0.25, -0.2) is 0 Å². The summed E-state index contributed by atoms with van der Waals surface area (Å²) < 4.78 is 21.9. The van der Waals surface area contributed by atoms with Crippen LogP contribution in [0.4, 0.5) is 8.78 Å². The molecule has 0 aliphatic rings. The fourth-order valence-electron chi connectivity index (χ4n) is 0.524. The number of halogens is 2. The second-order valence-corrected chi connectivity index (χ2v) is 4.70. The van der Waals surface area contributed by atoms with Crippen molar-refractivity contribution in [3.63, 3.8) is 0 Å². The molecule has 10 heavy (non-hydrogen) atoms. The molecule has 0 saturated heterocycles. The number of benzene rings is 1. The molecular formula is C7H5CfF2. The fourth-order valence-corrected chi connectivity index (χ4v) is 2.04. The summed E-state index contributed by atoms with van der Waals surface area (Å²) in [5.41, 5.74) is 0. The summed E-state index contributed by atoms with van der Waals surface area (Å²) in [5.74, 6) is 0. The maximum absolute atomic E-state index is 11.7. The average molecular weight is 378 g/mol. The molecule has 1 aromatic carbocycles. The molecule has 0 heterocycles. The second-order valence-electron chi connectivity index (χ2n) is 1.53. The molecule has 0 saturated carbocycles. The summed E-state index contributed by atoms with van der Waals surface area (Å²) in [5, 5.41) is 0. The zero-order valence-electron chi connectivity index (χ0n) is 4.96. The Morgan fingerprint density at radius 2 is 1.70 bits per heavy atom. The van der Waals surface area contributed by atoms with Crippen molar-refractivity contribution in [2.75, 3.05) is 0 Å². The Hall–Kier alpha value is -2.05. The van der Waals surface area contributed by atoms with E-state index in [-0.39, 0.29) is 0 Å². The molecule has 3 heteroatoms. The Labute approximate surface area is 53.1 Å². The minimum absolute atomic E-state index is 0.803. The van der Waals surface area contributed by atoms with Crippen molar-refractivity contribution >= 4 is 13.0 Å². The number of rotatable bonds is 1. The van der Waals surface area contributed by atoms with E-state index in [1.165, 1.54) is 0 Å². The first kappa shape index (κ1) is 6.08. The molecule has 1 aromatic rings. The average Bonchev–Trinajstić information content (AvgIpc) is 1.88. The normalized spacial score (nSPS) is 8.60. The Morgan fingerprint density at radius 3 is 2.20 bits per heavy atom. The SMILES string of the molecule is F[C](F)=[Cf][c]1ccccc1. The minimum atomic E-state index is -1.47. The van der Waals surface area contributed by atoms with Gasteiger partial charge in [0.1, 0.15) is 0 Å². The van der Waals surface area contributed by atoms with Crippen LogP contribution in [0, 0.1) is 0 Å². The van der Waals surface area contributed by atoms with Crippen LogP contribution in [-0.4, -0.2) is 6.93 Å². The van der Waals surface area contributed by atoms with E-state index in [2.05, 4.69) is 0 Å². The maximum atomic E-state index is 11.7. The molecule has 0 radical (unpaired) electrons. The molecule has 0 aromatic heterocycles. The quantitative estimate of drug-likeness (QED) is 0.694. The fraction of sp³-hybridized carbons (Fsp3) is 0. The van der Waals surface area contributed by atoms with Gasteiger partial charge in [-0.2, -0.15) is 0 Å². The van der Waals surface area contributed by atoms with Gasteiger partial charge in [-0.3, -0.25) is 0 Å². The van der Waals surface area contributed by atoms with E-state index in [0.29, 0.717) is 0 Å². The van der Waals surface area contributed by atoms with Crippen molar-refractivity contribution in [3.8, 4) is 0 Å². The molecule has 0 unspecified atom stereocenters. The molecule has 0 nitrogen and oxygen atoms in total. The van der Waals surface area contributed by atoms with Gasteiger partial charge in [0.25, 0.3) is 0 Å².